The first kappa shape index (κ1) is 17.0. The molecule has 1 atom stereocenters. The van der Waals surface area contributed by atoms with Crippen molar-refractivity contribution < 1.29 is 18.7 Å². The van der Waals surface area contributed by atoms with Crippen molar-refractivity contribution in [3.05, 3.63) is 35.6 Å². The summed E-state index contributed by atoms with van der Waals surface area (Å²) < 4.78 is 18.9. The van der Waals surface area contributed by atoms with Crippen LogP contribution in [0.15, 0.2) is 24.3 Å². The summed E-state index contributed by atoms with van der Waals surface area (Å²) in [5.41, 5.74) is 0.340. The van der Waals surface area contributed by atoms with E-state index in [9.17, 15) is 14.0 Å². The average molecular weight is 325 g/mol. The Labute approximate surface area is 134 Å². The van der Waals surface area contributed by atoms with Crippen molar-refractivity contribution in [2.24, 2.45) is 0 Å². The molecule has 1 heterocycles. The lowest BCUT2D eigenvalue weighted by atomic mass is 10.0. The number of rotatable bonds is 4. The lowest BCUT2D eigenvalue weighted by Gasteiger charge is -2.35. The van der Waals surface area contributed by atoms with Crippen LogP contribution in [0.4, 0.5) is 4.39 Å². The first-order valence-corrected chi connectivity index (χ1v) is 8.14. The van der Waals surface area contributed by atoms with E-state index in [2.05, 4.69) is 0 Å². The van der Waals surface area contributed by atoms with Crippen LogP contribution in [-0.2, 0) is 14.3 Å². The fourth-order valence-corrected chi connectivity index (χ4v) is 3.68. The lowest BCUT2D eigenvalue weighted by Crippen LogP contribution is -2.41. The number of likely N-dealkylation sites (tertiary alicyclic amines) is 1. The number of nitrogens with zero attached hydrogens (tertiary/aromatic N) is 1. The van der Waals surface area contributed by atoms with Gasteiger partial charge in [0.15, 0.2) is 5.12 Å². The Morgan fingerprint density at radius 3 is 2.50 bits per heavy atom. The number of hydrogen-bond acceptors (Lipinski definition) is 5. The number of thioether (sulfide) groups is 1. The molecule has 1 fully saturated rings. The molecule has 0 bridgehead atoms. The number of carbonyl (C=O) groups excluding carboxylic acids is 2. The Morgan fingerprint density at radius 2 is 1.95 bits per heavy atom. The Bertz CT molecular complexity index is 544. The van der Waals surface area contributed by atoms with E-state index in [-0.39, 0.29) is 10.4 Å². The zero-order valence-electron chi connectivity index (χ0n) is 12.8. The molecule has 0 N–H and O–H groups in total. The van der Waals surface area contributed by atoms with Crippen molar-refractivity contribution in [2.45, 2.75) is 31.1 Å². The highest BCUT2D eigenvalue weighted by molar-refractivity contribution is 8.14. The molecule has 4 nitrogen and oxygen atoms in total. The summed E-state index contributed by atoms with van der Waals surface area (Å²) in [6.07, 6.45) is 1.60. The molecule has 120 valence electrons. The third kappa shape index (κ3) is 4.08. The zero-order valence-corrected chi connectivity index (χ0v) is 13.6. The van der Waals surface area contributed by atoms with Crippen molar-refractivity contribution in [1.82, 2.24) is 4.90 Å². The van der Waals surface area contributed by atoms with Gasteiger partial charge in [-0.1, -0.05) is 30.0 Å². The van der Waals surface area contributed by atoms with Gasteiger partial charge in [-0.2, -0.15) is 0 Å². The number of ether oxygens (including phenoxy) is 1. The van der Waals surface area contributed by atoms with Crippen LogP contribution in [0.25, 0.3) is 0 Å². The van der Waals surface area contributed by atoms with Crippen molar-refractivity contribution in [3.8, 4) is 0 Å². The van der Waals surface area contributed by atoms with Crippen LogP contribution in [0.2, 0.25) is 0 Å². The van der Waals surface area contributed by atoms with Crippen LogP contribution < -0.4 is 0 Å². The summed E-state index contributed by atoms with van der Waals surface area (Å²) in [5, 5.41) is 0.379. The number of halogens is 1. The maximum Gasteiger partial charge on any atom is 0.327 e. The van der Waals surface area contributed by atoms with Gasteiger partial charge in [-0.3, -0.25) is 9.69 Å². The van der Waals surface area contributed by atoms with Gasteiger partial charge in [0.1, 0.15) is 11.9 Å². The van der Waals surface area contributed by atoms with Crippen molar-refractivity contribution in [3.63, 3.8) is 0 Å². The maximum absolute atomic E-state index is 14.1. The van der Waals surface area contributed by atoms with Gasteiger partial charge in [-0.05, 0) is 18.9 Å². The van der Waals surface area contributed by atoms with E-state index in [1.165, 1.54) is 24.9 Å². The van der Waals surface area contributed by atoms with Crippen LogP contribution in [0.3, 0.4) is 0 Å². The van der Waals surface area contributed by atoms with E-state index in [1.54, 1.807) is 25.1 Å². The van der Waals surface area contributed by atoms with E-state index in [4.69, 9.17) is 4.74 Å². The molecule has 1 saturated heterocycles. The van der Waals surface area contributed by atoms with E-state index >= 15 is 0 Å². The van der Waals surface area contributed by atoms with Gasteiger partial charge in [0, 0.05) is 30.8 Å². The molecule has 6 heteroatoms. The Hall–Kier alpha value is -1.40. The fraction of sp³-hybridized carbons (Fsp3) is 0.500. The Balaban J connectivity index is 2.13. The second kappa shape index (κ2) is 7.74. The molecule has 0 aromatic heterocycles. The number of carbonyl (C=O) groups is 2. The van der Waals surface area contributed by atoms with Crippen LogP contribution in [0.1, 0.15) is 31.4 Å². The lowest BCUT2D eigenvalue weighted by molar-refractivity contribution is -0.147. The molecular formula is C16H20FNO3S. The van der Waals surface area contributed by atoms with Gasteiger partial charge < -0.3 is 4.74 Å². The average Bonchev–Trinajstić information content (AvgIpc) is 2.50. The number of methoxy groups -OCH3 is 1. The normalized spacial score (nSPS) is 18.0. The predicted molar refractivity (Wildman–Crippen MR) is 84.0 cm³/mol. The molecule has 0 radical (unpaired) electrons. The highest BCUT2D eigenvalue weighted by Gasteiger charge is 2.33. The summed E-state index contributed by atoms with van der Waals surface area (Å²) in [6, 6.07) is 5.56. The molecule has 0 aliphatic carbocycles. The third-order valence-corrected chi connectivity index (χ3v) is 4.94. The van der Waals surface area contributed by atoms with Crippen LogP contribution in [-0.4, -0.2) is 41.4 Å². The number of piperidine rings is 1. The van der Waals surface area contributed by atoms with Crippen molar-refractivity contribution in [1.29, 1.82) is 0 Å². The molecule has 22 heavy (non-hydrogen) atoms. The first-order chi connectivity index (χ1) is 10.5. The molecule has 1 aliphatic rings. The molecule has 1 aromatic carbocycles. The van der Waals surface area contributed by atoms with Crippen molar-refractivity contribution >= 4 is 22.8 Å². The molecule has 1 aliphatic heterocycles. The molecule has 0 amide bonds. The minimum absolute atomic E-state index is 0.108. The fourth-order valence-electron chi connectivity index (χ4n) is 2.77. The maximum atomic E-state index is 14.1. The Morgan fingerprint density at radius 1 is 1.32 bits per heavy atom. The number of esters is 1. The molecule has 0 saturated carbocycles. The van der Waals surface area contributed by atoms with Crippen LogP contribution in [0.5, 0.6) is 0 Å². The molecule has 1 unspecified atom stereocenters. The second-order valence-corrected chi connectivity index (χ2v) is 6.77. The number of hydrogen-bond donors (Lipinski definition) is 0. The van der Waals surface area contributed by atoms with Crippen LogP contribution >= 0.6 is 11.8 Å². The molecule has 0 spiro atoms. The highest BCUT2D eigenvalue weighted by atomic mass is 32.2. The van der Waals surface area contributed by atoms with E-state index in [0.29, 0.717) is 18.7 Å². The summed E-state index contributed by atoms with van der Waals surface area (Å²) in [5.74, 6) is -0.860. The van der Waals surface area contributed by atoms with Gasteiger partial charge in [-0.25, -0.2) is 9.18 Å². The third-order valence-electron chi connectivity index (χ3n) is 3.80. The smallest absolute Gasteiger partial charge is 0.327 e. The summed E-state index contributed by atoms with van der Waals surface area (Å²) in [7, 11) is 1.31. The summed E-state index contributed by atoms with van der Waals surface area (Å²) in [6.45, 7) is 2.84. The van der Waals surface area contributed by atoms with Gasteiger partial charge in [0.25, 0.3) is 0 Å². The largest absolute Gasteiger partial charge is 0.468 e. The van der Waals surface area contributed by atoms with E-state index in [0.717, 1.165) is 12.8 Å². The molecule has 2 rings (SSSR count). The number of benzene rings is 1. The minimum Gasteiger partial charge on any atom is -0.468 e. The van der Waals surface area contributed by atoms with E-state index in [1.807, 2.05) is 4.90 Å². The van der Waals surface area contributed by atoms with E-state index < -0.39 is 17.8 Å². The topological polar surface area (TPSA) is 46.6 Å². The highest BCUT2D eigenvalue weighted by Crippen LogP contribution is 2.31. The van der Waals surface area contributed by atoms with Gasteiger partial charge in [-0.15, -0.1) is 0 Å². The summed E-state index contributed by atoms with van der Waals surface area (Å²) in [4.78, 5) is 25.2. The van der Waals surface area contributed by atoms with Crippen molar-refractivity contribution in [2.75, 3.05) is 20.2 Å². The van der Waals surface area contributed by atoms with Gasteiger partial charge in [0.05, 0.1) is 7.11 Å². The zero-order chi connectivity index (χ0) is 16.1. The Kier molecular flexibility index (Phi) is 5.97. The first-order valence-electron chi connectivity index (χ1n) is 7.26. The van der Waals surface area contributed by atoms with Gasteiger partial charge in [0.2, 0.25) is 0 Å². The van der Waals surface area contributed by atoms with Crippen LogP contribution in [0, 0.1) is 5.82 Å². The molecular weight excluding hydrogens is 305 g/mol. The summed E-state index contributed by atoms with van der Waals surface area (Å²) >= 11 is 1.35. The standard InChI is InChI=1S/C16H20FNO3S/c1-11(19)22-12-7-9-18(10-8-12)15(16(20)21-2)13-5-3-4-6-14(13)17/h3-6,12,15H,7-10H2,1-2H3. The SMILES string of the molecule is COC(=O)C(c1ccccc1F)N1CCC(SC(C)=O)CC1. The second-order valence-electron chi connectivity index (χ2n) is 5.29. The minimum atomic E-state index is -0.727. The molecule has 1 aromatic rings. The monoisotopic (exact) mass is 325 g/mol. The quantitative estimate of drug-likeness (QED) is 0.797. The van der Waals surface area contributed by atoms with Gasteiger partial charge >= 0.3 is 5.97 Å². The predicted octanol–water partition coefficient (Wildman–Crippen LogP) is 2.78.